The molecule has 3 aromatic heterocycles. The Bertz CT molecular complexity index is 2480. The Hall–Kier alpha value is -4.56. The van der Waals surface area contributed by atoms with Crippen molar-refractivity contribution >= 4 is 70.4 Å². The summed E-state index contributed by atoms with van der Waals surface area (Å²) in [5.41, 5.74) is 12.4. The van der Waals surface area contributed by atoms with Crippen molar-refractivity contribution < 1.29 is 26.7 Å². The molecule has 4 N–H and O–H groups in total. The molecule has 0 bridgehead atoms. The summed E-state index contributed by atoms with van der Waals surface area (Å²) in [4.78, 5) is 17.8. The molecular weight excluding hydrogens is 746 g/mol. The highest BCUT2D eigenvalue weighted by Gasteiger charge is 2.52. The van der Waals surface area contributed by atoms with Crippen molar-refractivity contribution in [3.8, 4) is 29.0 Å². The van der Waals surface area contributed by atoms with Crippen molar-refractivity contribution in [1.82, 2.24) is 19.9 Å². The van der Waals surface area contributed by atoms with E-state index in [4.69, 9.17) is 37.5 Å². The summed E-state index contributed by atoms with van der Waals surface area (Å²) >= 11 is 7.96. The molecule has 276 valence electrons. The predicted molar refractivity (Wildman–Crippen MR) is 201 cm³/mol. The van der Waals surface area contributed by atoms with Gasteiger partial charge in [0.05, 0.1) is 44.0 Å². The van der Waals surface area contributed by atoms with Gasteiger partial charge in [-0.15, -0.1) is 11.3 Å². The van der Waals surface area contributed by atoms with E-state index in [9.17, 15) is 13.7 Å². The molecule has 12 nitrogen and oxygen atoms in total. The normalized spacial score (nSPS) is 20.7. The maximum atomic E-state index is 17.4. The number of nitrogens with two attached hydrogens (primary N) is 2. The molecule has 0 spiro atoms. The van der Waals surface area contributed by atoms with Crippen LogP contribution in [0.2, 0.25) is 5.02 Å². The molecule has 0 aliphatic carbocycles. The number of ether oxygens (including phenoxy) is 2. The maximum absolute atomic E-state index is 17.4. The summed E-state index contributed by atoms with van der Waals surface area (Å²) in [6, 6.07) is 7.63. The van der Waals surface area contributed by atoms with Crippen molar-refractivity contribution in [2.75, 3.05) is 55.0 Å². The van der Waals surface area contributed by atoms with E-state index in [0.717, 1.165) is 30.7 Å². The summed E-state index contributed by atoms with van der Waals surface area (Å²) in [5, 5.41) is 9.77. The minimum Gasteiger partial charge on any atom is -0.489 e. The lowest BCUT2D eigenvalue weighted by molar-refractivity contribution is 0.108. The minimum atomic E-state index is -3.29. The fourth-order valence-corrected chi connectivity index (χ4v) is 10.9. The second-order valence-corrected chi connectivity index (χ2v) is 17.7. The zero-order valence-electron chi connectivity index (χ0n) is 28.8. The number of halogens is 3. The molecule has 0 radical (unpaired) electrons. The number of nitriles is 1. The SMILES string of the molecule is CCS(=O)(=O)[C@H]1CN2CCC[C@@]2(COc2nc3c4c(c(Cl)c(-c5ccc(F)c6sc(N)c(C#N)c56)c(F)c4n2)OCCN3[C@H](C)c2cccnc2N)C1. The highest BCUT2D eigenvalue weighted by Crippen LogP contribution is 2.51. The monoisotopic (exact) mass is 780 g/mol. The van der Waals surface area contributed by atoms with E-state index >= 15 is 8.78 Å². The molecule has 2 saturated heterocycles. The molecule has 0 unspecified atom stereocenters. The molecule has 17 heteroatoms. The average molecular weight is 781 g/mol. The summed E-state index contributed by atoms with van der Waals surface area (Å²) < 4.78 is 71.1. The maximum Gasteiger partial charge on any atom is 0.319 e. The van der Waals surface area contributed by atoms with E-state index in [-0.39, 0.29) is 90.8 Å². The van der Waals surface area contributed by atoms with E-state index in [1.54, 1.807) is 19.2 Å². The first kappa shape index (κ1) is 35.5. The number of nitrogens with zero attached hydrogens (tertiary/aromatic N) is 6. The van der Waals surface area contributed by atoms with Gasteiger partial charge in [0.15, 0.2) is 21.4 Å². The highest BCUT2D eigenvalue weighted by molar-refractivity contribution is 7.92. The Kier molecular flexibility index (Phi) is 8.75. The van der Waals surface area contributed by atoms with Crippen LogP contribution in [0.1, 0.15) is 50.3 Å². The van der Waals surface area contributed by atoms with Crippen LogP contribution in [-0.2, 0) is 9.84 Å². The average Bonchev–Trinajstić information content (AvgIpc) is 3.77. The van der Waals surface area contributed by atoms with Crippen LogP contribution in [0.25, 0.3) is 32.1 Å². The number of aromatic nitrogens is 3. The van der Waals surface area contributed by atoms with Gasteiger partial charge in [0.1, 0.15) is 47.3 Å². The Morgan fingerprint density at radius 3 is 2.79 bits per heavy atom. The third-order valence-electron chi connectivity index (χ3n) is 10.9. The first-order chi connectivity index (χ1) is 25.4. The van der Waals surface area contributed by atoms with Gasteiger partial charge in [-0.3, -0.25) is 4.90 Å². The molecule has 3 aliphatic rings. The van der Waals surface area contributed by atoms with E-state index in [0.29, 0.717) is 24.3 Å². The number of hydrogen-bond donors (Lipinski definition) is 2. The zero-order valence-corrected chi connectivity index (χ0v) is 31.2. The van der Waals surface area contributed by atoms with Crippen LogP contribution < -0.4 is 25.8 Å². The van der Waals surface area contributed by atoms with Crippen LogP contribution in [0.5, 0.6) is 11.8 Å². The lowest BCUT2D eigenvalue weighted by Crippen LogP contribution is -2.43. The van der Waals surface area contributed by atoms with E-state index in [2.05, 4.69) is 14.9 Å². The topological polar surface area (TPSA) is 174 Å². The van der Waals surface area contributed by atoms with Gasteiger partial charge in [-0.25, -0.2) is 22.2 Å². The lowest BCUT2D eigenvalue weighted by Gasteiger charge is -2.32. The van der Waals surface area contributed by atoms with Gasteiger partial charge in [0.25, 0.3) is 0 Å². The molecular formula is C36H35ClF2N8O4S2. The van der Waals surface area contributed by atoms with Gasteiger partial charge in [0.2, 0.25) is 0 Å². The third kappa shape index (κ3) is 5.58. The first-order valence-corrected chi connectivity index (χ1v) is 20.1. The number of rotatable bonds is 8. The van der Waals surface area contributed by atoms with Crippen LogP contribution in [0.3, 0.4) is 0 Å². The molecule has 0 amide bonds. The molecule has 3 atom stereocenters. The van der Waals surface area contributed by atoms with Crippen LogP contribution >= 0.6 is 22.9 Å². The van der Waals surface area contributed by atoms with Crippen molar-refractivity contribution in [2.24, 2.45) is 0 Å². The number of pyridine rings is 1. The Morgan fingerprint density at radius 1 is 1.23 bits per heavy atom. The van der Waals surface area contributed by atoms with Crippen molar-refractivity contribution in [3.05, 3.63) is 58.2 Å². The molecule has 2 fully saturated rings. The van der Waals surface area contributed by atoms with Gasteiger partial charge >= 0.3 is 6.01 Å². The number of sulfone groups is 1. The minimum absolute atomic E-state index is 0.00337. The quantitative estimate of drug-likeness (QED) is 0.181. The van der Waals surface area contributed by atoms with Crippen molar-refractivity contribution in [2.45, 2.75) is 49.9 Å². The molecule has 8 rings (SSSR count). The van der Waals surface area contributed by atoms with E-state index in [1.165, 1.54) is 12.1 Å². The fourth-order valence-electron chi connectivity index (χ4n) is 8.21. The van der Waals surface area contributed by atoms with Gasteiger partial charge in [-0.1, -0.05) is 30.7 Å². The second kappa shape index (κ2) is 13.1. The molecule has 6 heterocycles. The Balaban J connectivity index is 1.32. The highest BCUT2D eigenvalue weighted by atomic mass is 35.5. The van der Waals surface area contributed by atoms with Gasteiger partial charge in [0, 0.05) is 35.0 Å². The number of benzene rings is 2. The standard InChI is InChI=1S/C36H35ClF2N8O4S2/c1-3-53(48,49)19-14-36(9-5-11-46(36)16-19)17-51-35-44-29-26-30(50-13-12-47(34(26)45-35)18(2)20-6-4-10-43-32(20)41)27(37)25(28(29)39)21-7-8-23(38)31-24(21)22(15-40)33(42)52-31/h4,6-8,10,18-19H,3,5,9,11-14,16-17,42H2,1-2H3,(H2,41,43)/t18-,19-,36+/m1/s1. The smallest absolute Gasteiger partial charge is 0.319 e. The summed E-state index contributed by atoms with van der Waals surface area (Å²) in [5.74, 6) is -0.725. The predicted octanol–water partition coefficient (Wildman–Crippen LogP) is 6.25. The molecule has 3 aliphatic heterocycles. The van der Waals surface area contributed by atoms with E-state index in [1.807, 2.05) is 24.0 Å². The van der Waals surface area contributed by atoms with Gasteiger partial charge in [-0.05, 0) is 50.4 Å². The largest absolute Gasteiger partial charge is 0.489 e. The first-order valence-electron chi connectivity index (χ1n) is 17.2. The zero-order chi connectivity index (χ0) is 37.4. The summed E-state index contributed by atoms with van der Waals surface area (Å²) in [6.07, 6.45) is 3.61. The van der Waals surface area contributed by atoms with Gasteiger partial charge < -0.3 is 25.8 Å². The van der Waals surface area contributed by atoms with Gasteiger partial charge in [-0.2, -0.15) is 15.2 Å². The number of hydrogen-bond acceptors (Lipinski definition) is 13. The molecule has 5 aromatic rings. The van der Waals surface area contributed by atoms with Crippen LogP contribution in [0.15, 0.2) is 30.5 Å². The number of fused-ring (bicyclic) bond motifs is 2. The molecule has 53 heavy (non-hydrogen) atoms. The fraction of sp³-hybridized carbons (Fsp3) is 0.389. The van der Waals surface area contributed by atoms with Crippen molar-refractivity contribution in [3.63, 3.8) is 0 Å². The number of anilines is 3. The molecule has 0 saturated carbocycles. The Labute approximate surface area is 313 Å². The number of nitrogen functional groups attached to an aromatic ring is 2. The second-order valence-electron chi connectivity index (χ2n) is 13.7. The van der Waals surface area contributed by atoms with Crippen molar-refractivity contribution in [1.29, 1.82) is 5.26 Å². The van der Waals surface area contributed by atoms with Crippen LogP contribution in [-0.4, -0.2) is 77.7 Å². The lowest BCUT2D eigenvalue weighted by atomic mass is 9.95. The summed E-state index contributed by atoms with van der Waals surface area (Å²) in [7, 11) is -3.29. The third-order valence-corrected chi connectivity index (χ3v) is 14.5. The van der Waals surface area contributed by atoms with E-state index < -0.39 is 38.3 Å². The molecule has 2 aromatic carbocycles. The van der Waals surface area contributed by atoms with Crippen LogP contribution in [0, 0.1) is 23.0 Å². The van der Waals surface area contributed by atoms with Crippen LogP contribution in [0.4, 0.5) is 25.4 Å². The number of thiophene rings is 1. The summed E-state index contributed by atoms with van der Waals surface area (Å²) in [6.45, 7) is 5.20. The Morgan fingerprint density at radius 2 is 2.04 bits per heavy atom.